The van der Waals surface area contributed by atoms with E-state index in [1.54, 1.807) is 0 Å². The van der Waals surface area contributed by atoms with Gasteiger partial charge in [-0.15, -0.1) is 0 Å². The Morgan fingerprint density at radius 1 is 1.08 bits per heavy atom. The van der Waals surface area contributed by atoms with Crippen molar-refractivity contribution >= 4 is 5.96 Å². The number of unbranched alkanes of at least 4 members (excludes halogenated alkanes) is 1. The highest BCUT2D eigenvalue weighted by atomic mass is 16.3. The first kappa shape index (κ1) is 23.2. The molecule has 0 amide bonds. The van der Waals surface area contributed by atoms with E-state index in [-0.39, 0.29) is 6.61 Å². The maximum absolute atomic E-state index is 9.22. The second kappa shape index (κ2) is 15.7. The lowest BCUT2D eigenvalue weighted by Crippen LogP contribution is -2.38. The van der Waals surface area contributed by atoms with Crippen LogP contribution in [-0.2, 0) is 0 Å². The number of hydrogen-bond acceptors (Lipinski definition) is 3. The summed E-state index contributed by atoms with van der Waals surface area (Å²) in [6.07, 6.45) is 4.33. The first-order valence-corrected chi connectivity index (χ1v) is 9.92. The van der Waals surface area contributed by atoms with Crippen LogP contribution in [0.5, 0.6) is 0 Å². The van der Waals surface area contributed by atoms with Gasteiger partial charge in [0.1, 0.15) is 0 Å². The van der Waals surface area contributed by atoms with E-state index in [0.29, 0.717) is 11.8 Å². The highest BCUT2D eigenvalue weighted by Gasteiger charge is 2.10. The van der Waals surface area contributed by atoms with E-state index in [9.17, 15) is 5.11 Å². The van der Waals surface area contributed by atoms with Crippen LogP contribution in [0.3, 0.4) is 0 Å². The number of hydrogen-bond donors (Lipinski definition) is 3. The minimum absolute atomic E-state index is 0.252. The highest BCUT2D eigenvalue weighted by molar-refractivity contribution is 5.79. The van der Waals surface area contributed by atoms with Crippen LogP contribution in [-0.4, -0.2) is 61.8 Å². The molecule has 0 aromatic rings. The van der Waals surface area contributed by atoms with Gasteiger partial charge in [0.25, 0.3) is 0 Å². The maximum Gasteiger partial charge on any atom is 0.191 e. The van der Waals surface area contributed by atoms with Crippen molar-refractivity contribution in [3.05, 3.63) is 0 Å². The fraction of sp³-hybridized carbons (Fsp3) is 0.947. The van der Waals surface area contributed by atoms with Gasteiger partial charge >= 0.3 is 0 Å². The third-order valence-corrected chi connectivity index (χ3v) is 4.28. The standard InChI is InChI=1S/C19H42N4O/c1-6-20-19(21-12-9-10-13-23(7-2)8-3)22-16-18(11-14-24)15-17(4)5/h17-18,24H,6-16H2,1-5H3,(H2,20,21,22). The van der Waals surface area contributed by atoms with Crippen LogP contribution >= 0.6 is 0 Å². The number of aliphatic hydroxyl groups is 1. The van der Waals surface area contributed by atoms with E-state index in [1.807, 2.05) is 0 Å². The Morgan fingerprint density at radius 2 is 1.79 bits per heavy atom. The van der Waals surface area contributed by atoms with Gasteiger partial charge in [-0.1, -0.05) is 27.7 Å². The molecule has 5 heteroatoms. The Hall–Kier alpha value is -0.810. The molecule has 1 unspecified atom stereocenters. The summed E-state index contributed by atoms with van der Waals surface area (Å²) >= 11 is 0. The molecular formula is C19H42N4O. The molecule has 5 nitrogen and oxygen atoms in total. The van der Waals surface area contributed by atoms with E-state index in [1.165, 1.54) is 13.0 Å². The Bertz CT molecular complexity index is 304. The third-order valence-electron chi connectivity index (χ3n) is 4.28. The molecule has 24 heavy (non-hydrogen) atoms. The molecule has 0 aromatic heterocycles. The second-order valence-corrected chi connectivity index (χ2v) is 6.89. The van der Waals surface area contributed by atoms with Crippen molar-refractivity contribution in [1.29, 1.82) is 0 Å². The van der Waals surface area contributed by atoms with Gasteiger partial charge in [0.05, 0.1) is 0 Å². The molecule has 0 bridgehead atoms. The van der Waals surface area contributed by atoms with Crippen molar-refractivity contribution in [1.82, 2.24) is 15.5 Å². The molecule has 0 fully saturated rings. The molecule has 0 aliphatic rings. The molecule has 0 heterocycles. The predicted octanol–water partition coefficient (Wildman–Crippen LogP) is 2.71. The number of rotatable bonds is 14. The molecule has 1 atom stereocenters. The van der Waals surface area contributed by atoms with Gasteiger partial charge in [-0.3, -0.25) is 4.99 Å². The molecule has 3 N–H and O–H groups in total. The molecule has 0 aliphatic carbocycles. The van der Waals surface area contributed by atoms with Crippen molar-refractivity contribution in [3.8, 4) is 0 Å². The summed E-state index contributed by atoms with van der Waals surface area (Å²) in [7, 11) is 0. The van der Waals surface area contributed by atoms with E-state index >= 15 is 0 Å². The maximum atomic E-state index is 9.22. The lowest BCUT2D eigenvalue weighted by atomic mass is 9.94. The molecule has 0 aliphatic heterocycles. The fourth-order valence-electron chi connectivity index (χ4n) is 2.90. The smallest absolute Gasteiger partial charge is 0.191 e. The van der Waals surface area contributed by atoms with E-state index in [2.05, 4.69) is 50.2 Å². The van der Waals surface area contributed by atoms with Crippen LogP contribution in [0.1, 0.15) is 60.3 Å². The summed E-state index contributed by atoms with van der Waals surface area (Å²) in [6.45, 7) is 17.3. The van der Waals surface area contributed by atoms with Gasteiger partial charge in [0, 0.05) is 26.2 Å². The van der Waals surface area contributed by atoms with Crippen molar-refractivity contribution in [3.63, 3.8) is 0 Å². The van der Waals surface area contributed by atoms with Crippen LogP contribution in [0.25, 0.3) is 0 Å². The molecule has 144 valence electrons. The highest BCUT2D eigenvalue weighted by Crippen LogP contribution is 2.15. The van der Waals surface area contributed by atoms with Crippen LogP contribution < -0.4 is 10.6 Å². The molecule has 0 radical (unpaired) electrons. The van der Waals surface area contributed by atoms with Crippen molar-refractivity contribution in [2.45, 2.75) is 60.3 Å². The van der Waals surface area contributed by atoms with Gasteiger partial charge in [-0.05, 0) is 64.1 Å². The molecule has 0 rings (SSSR count). The lowest BCUT2D eigenvalue weighted by molar-refractivity contribution is 0.245. The van der Waals surface area contributed by atoms with Crippen molar-refractivity contribution < 1.29 is 5.11 Å². The number of nitrogens with one attached hydrogen (secondary N) is 2. The summed E-state index contributed by atoms with van der Waals surface area (Å²) in [5.74, 6) is 2.02. The van der Waals surface area contributed by atoms with Gasteiger partial charge in [0.15, 0.2) is 5.96 Å². The summed E-state index contributed by atoms with van der Waals surface area (Å²) < 4.78 is 0. The number of nitrogens with zero attached hydrogens (tertiary/aromatic N) is 2. The normalized spacial score (nSPS) is 13.6. The summed E-state index contributed by atoms with van der Waals surface area (Å²) in [6, 6.07) is 0. The zero-order valence-electron chi connectivity index (χ0n) is 16.8. The summed E-state index contributed by atoms with van der Waals surface area (Å²) in [5, 5.41) is 16.0. The van der Waals surface area contributed by atoms with Gasteiger partial charge in [-0.25, -0.2) is 0 Å². The molecule has 0 spiro atoms. The first-order valence-electron chi connectivity index (χ1n) is 9.92. The average molecular weight is 343 g/mol. The number of aliphatic hydroxyl groups excluding tert-OH is 1. The molecular weight excluding hydrogens is 300 g/mol. The van der Waals surface area contributed by atoms with E-state index < -0.39 is 0 Å². The zero-order chi connectivity index (χ0) is 18.2. The Kier molecular flexibility index (Phi) is 15.2. The minimum Gasteiger partial charge on any atom is -0.396 e. The number of guanidine groups is 1. The van der Waals surface area contributed by atoms with Crippen LogP contribution in [0.15, 0.2) is 4.99 Å². The van der Waals surface area contributed by atoms with Crippen LogP contribution in [0.2, 0.25) is 0 Å². The second-order valence-electron chi connectivity index (χ2n) is 6.89. The summed E-state index contributed by atoms with van der Waals surface area (Å²) in [4.78, 5) is 7.19. The SMILES string of the molecule is CCNC(=NCC(CCO)CC(C)C)NCCCCN(CC)CC. The van der Waals surface area contributed by atoms with Crippen LogP contribution in [0, 0.1) is 11.8 Å². The Labute approximate surface area is 150 Å². The lowest BCUT2D eigenvalue weighted by Gasteiger charge is -2.19. The number of aliphatic imine (C=N–C) groups is 1. The molecule has 0 aromatic carbocycles. The Balaban J connectivity index is 4.21. The van der Waals surface area contributed by atoms with Crippen LogP contribution in [0.4, 0.5) is 0 Å². The fourth-order valence-corrected chi connectivity index (χ4v) is 2.90. The molecule has 0 saturated heterocycles. The third kappa shape index (κ3) is 12.6. The van der Waals surface area contributed by atoms with E-state index in [0.717, 1.165) is 57.9 Å². The van der Waals surface area contributed by atoms with Crippen molar-refractivity contribution in [2.75, 3.05) is 45.9 Å². The van der Waals surface area contributed by atoms with E-state index in [4.69, 9.17) is 4.99 Å². The largest absolute Gasteiger partial charge is 0.396 e. The minimum atomic E-state index is 0.252. The predicted molar refractivity (Wildman–Crippen MR) is 106 cm³/mol. The zero-order valence-corrected chi connectivity index (χ0v) is 16.8. The molecule has 0 saturated carbocycles. The summed E-state index contributed by atoms with van der Waals surface area (Å²) in [5.41, 5.74) is 0. The topological polar surface area (TPSA) is 59.9 Å². The first-order chi connectivity index (χ1) is 11.6. The average Bonchev–Trinajstić information content (AvgIpc) is 2.55. The van der Waals surface area contributed by atoms with Gasteiger partial charge in [0.2, 0.25) is 0 Å². The monoisotopic (exact) mass is 342 g/mol. The van der Waals surface area contributed by atoms with Gasteiger partial charge in [-0.2, -0.15) is 0 Å². The van der Waals surface area contributed by atoms with Crippen molar-refractivity contribution in [2.24, 2.45) is 16.8 Å². The Morgan fingerprint density at radius 3 is 2.33 bits per heavy atom. The van der Waals surface area contributed by atoms with Gasteiger partial charge < -0.3 is 20.6 Å². The quantitative estimate of drug-likeness (QED) is 0.258.